The molecule has 0 saturated carbocycles. The van der Waals surface area contributed by atoms with Gasteiger partial charge in [-0.05, 0) is 52.2 Å². The summed E-state index contributed by atoms with van der Waals surface area (Å²) in [5, 5.41) is 4.94. The predicted molar refractivity (Wildman–Crippen MR) is 106 cm³/mol. The fraction of sp³-hybridized carbons (Fsp3) is 0.211. The molecule has 2 aromatic rings. The number of benzene rings is 2. The Hall–Kier alpha value is -2.16. The van der Waals surface area contributed by atoms with Gasteiger partial charge in [0.15, 0.2) is 11.5 Å². The first-order valence-corrected chi connectivity index (χ1v) is 8.84. The molecule has 4 nitrogen and oxygen atoms in total. The summed E-state index contributed by atoms with van der Waals surface area (Å²) in [5.41, 5.74) is 4.82. The van der Waals surface area contributed by atoms with Crippen molar-refractivity contribution in [2.24, 2.45) is 5.10 Å². The van der Waals surface area contributed by atoms with Crippen LogP contribution in [0.5, 0.6) is 11.5 Å². The van der Waals surface area contributed by atoms with Crippen LogP contribution in [0.15, 0.2) is 46.0 Å². The monoisotopic (exact) mass is 420 g/mol. The van der Waals surface area contributed by atoms with Crippen molar-refractivity contribution in [2.75, 3.05) is 13.2 Å². The van der Waals surface area contributed by atoms with Crippen molar-refractivity contribution in [3.8, 4) is 23.8 Å². The summed E-state index contributed by atoms with van der Waals surface area (Å²) < 4.78 is 11.9. The lowest BCUT2D eigenvalue weighted by molar-refractivity contribution is 0.298. The molecule has 0 aliphatic heterocycles. The minimum atomic E-state index is 0.172. The molecule has 130 valence electrons. The van der Waals surface area contributed by atoms with E-state index in [2.05, 4.69) is 32.4 Å². The van der Waals surface area contributed by atoms with Gasteiger partial charge in [-0.3, -0.25) is 0 Å². The predicted octanol–water partition coefficient (Wildman–Crippen LogP) is 4.64. The number of rotatable bonds is 8. The number of hydrogen-bond donors (Lipinski definition) is 1. The van der Waals surface area contributed by atoms with Gasteiger partial charge in [0.2, 0.25) is 0 Å². The van der Waals surface area contributed by atoms with Crippen molar-refractivity contribution in [2.45, 2.75) is 13.5 Å². The Balaban J connectivity index is 2.08. The summed E-state index contributed by atoms with van der Waals surface area (Å²) in [6.45, 7) is 3.14. The van der Waals surface area contributed by atoms with Crippen LogP contribution < -0.4 is 14.9 Å². The molecule has 0 saturated heterocycles. The summed E-state index contributed by atoms with van der Waals surface area (Å²) >= 11 is 9.59. The Morgan fingerprint density at radius 3 is 2.84 bits per heavy atom. The van der Waals surface area contributed by atoms with Gasteiger partial charge < -0.3 is 14.9 Å². The first-order chi connectivity index (χ1) is 12.2. The fourth-order valence-electron chi connectivity index (χ4n) is 2.07. The maximum atomic E-state index is 6.11. The molecule has 6 heteroatoms. The molecule has 0 radical (unpaired) electrons. The fourth-order valence-corrected chi connectivity index (χ4v) is 2.85. The van der Waals surface area contributed by atoms with Gasteiger partial charge >= 0.3 is 0 Å². The highest BCUT2D eigenvalue weighted by Crippen LogP contribution is 2.36. The highest BCUT2D eigenvalue weighted by molar-refractivity contribution is 9.10. The molecule has 0 aromatic heterocycles. The maximum Gasteiger partial charge on any atom is 0.176 e. The van der Waals surface area contributed by atoms with E-state index < -0.39 is 0 Å². The molecule has 0 bridgehead atoms. The van der Waals surface area contributed by atoms with Gasteiger partial charge in [-0.15, -0.1) is 6.42 Å². The third-order valence-electron chi connectivity index (χ3n) is 3.16. The van der Waals surface area contributed by atoms with Gasteiger partial charge in [0, 0.05) is 5.02 Å². The van der Waals surface area contributed by atoms with Crippen LogP contribution in [0.2, 0.25) is 5.02 Å². The summed E-state index contributed by atoms with van der Waals surface area (Å²) in [6, 6.07) is 11.4. The molecule has 0 aliphatic carbocycles. The molecule has 0 heterocycles. The van der Waals surface area contributed by atoms with E-state index in [1.54, 1.807) is 6.21 Å². The van der Waals surface area contributed by atoms with Crippen LogP contribution in [0.3, 0.4) is 0 Å². The van der Waals surface area contributed by atoms with E-state index in [0.29, 0.717) is 29.7 Å². The highest BCUT2D eigenvalue weighted by Gasteiger charge is 2.11. The number of nitrogens with one attached hydrogen (secondary N) is 1. The molecular weight excluding hydrogens is 404 g/mol. The Morgan fingerprint density at radius 2 is 2.12 bits per heavy atom. The average molecular weight is 422 g/mol. The van der Waals surface area contributed by atoms with Gasteiger partial charge in [-0.2, -0.15) is 5.10 Å². The Morgan fingerprint density at radius 1 is 1.32 bits per heavy atom. The Kier molecular flexibility index (Phi) is 7.65. The molecule has 0 unspecified atom stereocenters. The van der Waals surface area contributed by atoms with E-state index >= 15 is 0 Å². The second-order valence-electron chi connectivity index (χ2n) is 4.94. The Bertz CT molecular complexity index is 787. The van der Waals surface area contributed by atoms with Gasteiger partial charge in [0.05, 0.1) is 23.8 Å². The quantitative estimate of drug-likeness (QED) is 0.384. The molecule has 0 spiro atoms. The lowest BCUT2D eigenvalue weighted by Crippen LogP contribution is -2.06. The van der Waals surface area contributed by atoms with Crippen LogP contribution in [-0.2, 0) is 6.54 Å². The Labute approximate surface area is 161 Å². The second kappa shape index (κ2) is 9.97. The molecule has 25 heavy (non-hydrogen) atoms. The van der Waals surface area contributed by atoms with E-state index in [1.165, 1.54) is 0 Å². The van der Waals surface area contributed by atoms with Gasteiger partial charge in [-0.25, -0.2) is 0 Å². The van der Waals surface area contributed by atoms with Crippen molar-refractivity contribution in [3.05, 3.63) is 57.0 Å². The topological polar surface area (TPSA) is 42.8 Å². The number of ether oxygens (including phenoxy) is 2. The summed E-state index contributed by atoms with van der Waals surface area (Å²) in [7, 11) is 0. The average Bonchev–Trinajstić information content (AvgIpc) is 2.60. The zero-order valence-corrected chi connectivity index (χ0v) is 16.1. The zero-order valence-electron chi connectivity index (χ0n) is 13.8. The molecule has 2 aromatic carbocycles. The normalized spacial score (nSPS) is 10.5. The second-order valence-corrected chi connectivity index (χ2v) is 6.20. The molecule has 0 amide bonds. The molecule has 0 aliphatic rings. The van der Waals surface area contributed by atoms with Gasteiger partial charge in [0.25, 0.3) is 0 Å². The standard InChI is InChI=1S/C19H18BrClN2O2/c1-3-9-25-19-16(20)10-14(11-18(19)24-4-2)12-22-23-13-15-7-5-6-8-17(15)21/h1,5-8,10-12,23H,4,9,13H2,2H3/b22-12-. The van der Waals surface area contributed by atoms with E-state index in [-0.39, 0.29) is 6.61 Å². The van der Waals surface area contributed by atoms with E-state index in [9.17, 15) is 0 Å². The molecular formula is C19H18BrClN2O2. The maximum absolute atomic E-state index is 6.11. The number of hydrazone groups is 1. The lowest BCUT2D eigenvalue weighted by atomic mass is 10.2. The summed E-state index contributed by atoms with van der Waals surface area (Å²) in [4.78, 5) is 0. The summed E-state index contributed by atoms with van der Waals surface area (Å²) in [6.07, 6.45) is 6.95. The third kappa shape index (κ3) is 5.70. The van der Waals surface area contributed by atoms with Crippen LogP contribution in [0.1, 0.15) is 18.1 Å². The zero-order chi connectivity index (χ0) is 18.1. The van der Waals surface area contributed by atoms with Crippen LogP contribution in [0.4, 0.5) is 0 Å². The smallest absolute Gasteiger partial charge is 0.176 e. The first kappa shape index (κ1) is 19.2. The minimum Gasteiger partial charge on any atom is -0.490 e. The van der Waals surface area contributed by atoms with Crippen LogP contribution >= 0.6 is 27.5 Å². The highest BCUT2D eigenvalue weighted by atomic mass is 79.9. The van der Waals surface area contributed by atoms with Crippen molar-refractivity contribution in [3.63, 3.8) is 0 Å². The van der Waals surface area contributed by atoms with E-state index in [0.717, 1.165) is 15.6 Å². The number of hydrogen-bond acceptors (Lipinski definition) is 4. The minimum absolute atomic E-state index is 0.172. The van der Waals surface area contributed by atoms with Crippen molar-refractivity contribution in [1.29, 1.82) is 0 Å². The van der Waals surface area contributed by atoms with Crippen molar-refractivity contribution < 1.29 is 9.47 Å². The van der Waals surface area contributed by atoms with Crippen molar-refractivity contribution in [1.82, 2.24) is 5.43 Å². The van der Waals surface area contributed by atoms with Crippen LogP contribution in [0.25, 0.3) is 0 Å². The van der Waals surface area contributed by atoms with Crippen LogP contribution in [-0.4, -0.2) is 19.4 Å². The molecule has 2 rings (SSSR count). The van der Waals surface area contributed by atoms with E-state index in [4.69, 9.17) is 27.5 Å². The van der Waals surface area contributed by atoms with Gasteiger partial charge in [-0.1, -0.05) is 35.7 Å². The largest absolute Gasteiger partial charge is 0.490 e. The molecule has 0 fully saturated rings. The lowest BCUT2D eigenvalue weighted by Gasteiger charge is -2.13. The van der Waals surface area contributed by atoms with Gasteiger partial charge in [0.1, 0.15) is 6.61 Å². The molecule has 1 N–H and O–H groups in total. The summed E-state index contributed by atoms with van der Waals surface area (Å²) in [5.74, 6) is 3.64. The van der Waals surface area contributed by atoms with E-state index in [1.807, 2.05) is 43.3 Å². The van der Waals surface area contributed by atoms with Crippen LogP contribution in [0, 0.1) is 12.3 Å². The SMILES string of the molecule is C#CCOc1c(Br)cc(/C=N\NCc2ccccc2Cl)cc1OCC. The first-order valence-electron chi connectivity index (χ1n) is 7.67. The number of halogens is 2. The third-order valence-corrected chi connectivity index (χ3v) is 4.12. The molecule has 0 atom stereocenters. The number of terminal acetylenes is 1. The van der Waals surface area contributed by atoms with Crippen molar-refractivity contribution >= 4 is 33.7 Å². The number of nitrogens with zero attached hydrogens (tertiary/aromatic N) is 1.